The van der Waals surface area contributed by atoms with Crippen molar-refractivity contribution in [3.63, 3.8) is 0 Å². The summed E-state index contributed by atoms with van der Waals surface area (Å²) in [7, 11) is 4.84. The smallest absolute Gasteiger partial charge is 0.179 e. The van der Waals surface area contributed by atoms with Crippen LogP contribution < -0.4 is 9.47 Å². The molecule has 0 fully saturated rings. The van der Waals surface area contributed by atoms with E-state index in [2.05, 4.69) is 4.98 Å². The molecule has 1 aromatic heterocycles. The molecule has 0 aliphatic heterocycles. The van der Waals surface area contributed by atoms with Gasteiger partial charge in [-0.05, 0) is 6.07 Å². The van der Waals surface area contributed by atoms with E-state index >= 15 is 0 Å². The predicted octanol–water partition coefficient (Wildman–Crippen LogP) is 2.17. The van der Waals surface area contributed by atoms with E-state index in [0.717, 1.165) is 0 Å². The Bertz CT molecular complexity index is 583. The van der Waals surface area contributed by atoms with Crippen LogP contribution in [0, 0.1) is 0 Å². The molecule has 2 aromatic rings. The van der Waals surface area contributed by atoms with Gasteiger partial charge in [-0.3, -0.25) is 0 Å². The van der Waals surface area contributed by atoms with Crippen molar-refractivity contribution in [2.24, 2.45) is 7.05 Å². The minimum absolute atomic E-state index is 0.317. The normalized spacial score (nSPS) is 12.3. The Morgan fingerprint density at radius 3 is 2.58 bits per heavy atom. The summed E-state index contributed by atoms with van der Waals surface area (Å²) in [6, 6.07) is 3.40. The van der Waals surface area contributed by atoms with E-state index < -0.39 is 6.10 Å². The SMILES string of the molecule is COc1ccc(C(O)c2nccn2C)c(Cl)c1OC. The van der Waals surface area contributed by atoms with Crippen molar-refractivity contribution in [2.75, 3.05) is 14.2 Å². The van der Waals surface area contributed by atoms with Crippen molar-refractivity contribution in [2.45, 2.75) is 6.10 Å². The minimum Gasteiger partial charge on any atom is -0.493 e. The van der Waals surface area contributed by atoms with Crippen LogP contribution >= 0.6 is 11.6 Å². The van der Waals surface area contributed by atoms with Gasteiger partial charge in [0.1, 0.15) is 11.9 Å². The van der Waals surface area contributed by atoms with E-state index in [4.69, 9.17) is 21.1 Å². The molecule has 102 valence electrons. The van der Waals surface area contributed by atoms with Gasteiger partial charge in [-0.15, -0.1) is 0 Å². The first kappa shape index (κ1) is 13.7. The first-order chi connectivity index (χ1) is 9.10. The van der Waals surface area contributed by atoms with Gasteiger partial charge in [0.2, 0.25) is 0 Å². The van der Waals surface area contributed by atoms with Gasteiger partial charge in [0, 0.05) is 25.0 Å². The predicted molar refractivity (Wildman–Crippen MR) is 71.8 cm³/mol. The maximum Gasteiger partial charge on any atom is 0.179 e. The number of nitrogens with zero attached hydrogens (tertiary/aromatic N) is 2. The molecule has 0 saturated carbocycles. The number of aromatic nitrogens is 2. The van der Waals surface area contributed by atoms with Gasteiger partial charge in [0.25, 0.3) is 0 Å². The molecule has 1 aromatic carbocycles. The summed E-state index contributed by atoms with van der Waals surface area (Å²) in [4.78, 5) is 4.11. The highest BCUT2D eigenvalue weighted by atomic mass is 35.5. The fourth-order valence-corrected chi connectivity index (χ4v) is 2.23. The van der Waals surface area contributed by atoms with E-state index in [1.165, 1.54) is 14.2 Å². The molecular formula is C13H15ClN2O3. The zero-order valence-electron chi connectivity index (χ0n) is 10.9. The first-order valence-electron chi connectivity index (χ1n) is 5.65. The Morgan fingerprint density at radius 2 is 2.05 bits per heavy atom. The number of aliphatic hydroxyl groups is 1. The van der Waals surface area contributed by atoms with Crippen molar-refractivity contribution in [1.82, 2.24) is 9.55 Å². The van der Waals surface area contributed by atoms with Crippen LogP contribution in [0.4, 0.5) is 0 Å². The van der Waals surface area contributed by atoms with E-state index in [1.807, 2.05) is 0 Å². The second-order valence-corrected chi connectivity index (χ2v) is 4.38. The highest BCUT2D eigenvalue weighted by molar-refractivity contribution is 6.33. The monoisotopic (exact) mass is 282 g/mol. The topological polar surface area (TPSA) is 56.5 Å². The van der Waals surface area contributed by atoms with Crippen LogP contribution in [0.5, 0.6) is 11.5 Å². The van der Waals surface area contributed by atoms with E-state index in [-0.39, 0.29) is 0 Å². The van der Waals surface area contributed by atoms with Gasteiger partial charge in [0.05, 0.1) is 19.2 Å². The van der Waals surface area contributed by atoms with Crippen LogP contribution in [0.3, 0.4) is 0 Å². The molecule has 0 bridgehead atoms. The van der Waals surface area contributed by atoms with E-state index in [1.54, 1.807) is 36.1 Å². The number of benzene rings is 1. The average Bonchev–Trinajstić information content (AvgIpc) is 2.83. The third-order valence-electron chi connectivity index (χ3n) is 2.91. The van der Waals surface area contributed by atoms with Crippen molar-refractivity contribution in [1.29, 1.82) is 0 Å². The van der Waals surface area contributed by atoms with Crippen LogP contribution in [-0.2, 0) is 7.05 Å². The summed E-state index contributed by atoms with van der Waals surface area (Å²) in [5.74, 6) is 1.42. The Kier molecular flexibility index (Phi) is 3.97. The molecule has 1 unspecified atom stereocenters. The molecule has 5 nitrogen and oxygen atoms in total. The maximum absolute atomic E-state index is 10.4. The van der Waals surface area contributed by atoms with Crippen molar-refractivity contribution < 1.29 is 14.6 Å². The van der Waals surface area contributed by atoms with Gasteiger partial charge in [-0.25, -0.2) is 4.98 Å². The van der Waals surface area contributed by atoms with Crippen LogP contribution in [-0.4, -0.2) is 28.9 Å². The Morgan fingerprint density at radius 1 is 1.32 bits per heavy atom. The number of rotatable bonds is 4. The van der Waals surface area contributed by atoms with Crippen molar-refractivity contribution >= 4 is 11.6 Å². The molecule has 0 aliphatic carbocycles. The number of hydrogen-bond donors (Lipinski definition) is 1. The zero-order valence-corrected chi connectivity index (χ0v) is 11.7. The van der Waals surface area contributed by atoms with Gasteiger partial charge in [-0.1, -0.05) is 17.7 Å². The summed E-state index contributed by atoms with van der Waals surface area (Å²) >= 11 is 6.25. The molecular weight excluding hydrogens is 268 g/mol. The molecule has 1 atom stereocenters. The summed E-state index contributed by atoms with van der Waals surface area (Å²) in [5.41, 5.74) is 0.522. The molecule has 2 rings (SSSR count). The molecule has 0 amide bonds. The quantitative estimate of drug-likeness (QED) is 0.934. The summed E-state index contributed by atoms with van der Waals surface area (Å²) in [5, 5.41) is 10.7. The van der Waals surface area contributed by atoms with E-state index in [9.17, 15) is 5.11 Å². The molecule has 19 heavy (non-hydrogen) atoms. The van der Waals surface area contributed by atoms with Crippen LogP contribution in [0.25, 0.3) is 0 Å². The van der Waals surface area contributed by atoms with Gasteiger partial charge >= 0.3 is 0 Å². The van der Waals surface area contributed by atoms with Gasteiger partial charge in [-0.2, -0.15) is 0 Å². The average molecular weight is 283 g/mol. The van der Waals surface area contributed by atoms with Crippen molar-refractivity contribution in [3.8, 4) is 11.5 Å². The summed E-state index contributed by atoms with van der Waals surface area (Å²) in [6.07, 6.45) is 2.45. The minimum atomic E-state index is -0.924. The van der Waals surface area contributed by atoms with Crippen LogP contribution in [0.2, 0.25) is 5.02 Å². The van der Waals surface area contributed by atoms with Crippen molar-refractivity contribution in [3.05, 3.63) is 40.9 Å². The number of methoxy groups -OCH3 is 2. The van der Waals surface area contributed by atoms with Gasteiger partial charge in [0.15, 0.2) is 11.5 Å². The lowest BCUT2D eigenvalue weighted by molar-refractivity contribution is 0.205. The van der Waals surface area contributed by atoms with Crippen LogP contribution in [0.1, 0.15) is 17.5 Å². The zero-order chi connectivity index (χ0) is 14.0. The maximum atomic E-state index is 10.4. The fraction of sp³-hybridized carbons (Fsp3) is 0.308. The Balaban J connectivity index is 2.49. The highest BCUT2D eigenvalue weighted by Crippen LogP contribution is 2.40. The second-order valence-electron chi connectivity index (χ2n) is 4.00. The lowest BCUT2D eigenvalue weighted by atomic mass is 10.1. The van der Waals surface area contributed by atoms with Gasteiger partial charge < -0.3 is 19.1 Å². The molecule has 1 N–H and O–H groups in total. The Hall–Kier alpha value is -1.72. The second kappa shape index (κ2) is 5.50. The summed E-state index contributed by atoms with van der Waals surface area (Å²) in [6.45, 7) is 0. The third-order valence-corrected chi connectivity index (χ3v) is 3.30. The lowest BCUT2D eigenvalue weighted by Crippen LogP contribution is -2.08. The molecule has 0 aliphatic rings. The number of hydrogen-bond acceptors (Lipinski definition) is 4. The third kappa shape index (κ3) is 2.39. The molecule has 0 spiro atoms. The first-order valence-corrected chi connectivity index (χ1v) is 6.03. The molecule has 6 heteroatoms. The molecule has 1 heterocycles. The molecule has 0 radical (unpaired) electrons. The number of imidazole rings is 1. The number of aryl methyl sites for hydroxylation is 1. The largest absolute Gasteiger partial charge is 0.493 e. The highest BCUT2D eigenvalue weighted by Gasteiger charge is 2.22. The number of halogens is 1. The fourth-order valence-electron chi connectivity index (χ4n) is 1.90. The summed E-state index contributed by atoms with van der Waals surface area (Å²) < 4.78 is 12.1. The Labute approximate surface area is 116 Å². The van der Waals surface area contributed by atoms with Crippen LogP contribution in [0.15, 0.2) is 24.5 Å². The molecule has 0 saturated heterocycles. The van der Waals surface area contributed by atoms with E-state index in [0.29, 0.717) is 27.9 Å². The standard InChI is InChI=1S/C13H15ClN2O3/c1-16-7-6-15-13(16)11(17)8-4-5-9(18-2)12(19-3)10(8)14/h4-7,11,17H,1-3H3. The number of ether oxygens (including phenoxy) is 2. The lowest BCUT2D eigenvalue weighted by Gasteiger charge is -2.16. The number of aliphatic hydroxyl groups excluding tert-OH is 1.